The van der Waals surface area contributed by atoms with E-state index in [2.05, 4.69) is 9.72 Å². The van der Waals surface area contributed by atoms with Crippen molar-refractivity contribution in [3.05, 3.63) is 36.0 Å². The molecule has 0 bridgehead atoms. The van der Waals surface area contributed by atoms with Crippen LogP contribution >= 0.6 is 0 Å². The topological polar surface area (TPSA) is 42.1 Å². The fourth-order valence-corrected chi connectivity index (χ4v) is 1.30. The maximum Gasteiger partial charge on any atom is 0.416 e. The number of fused-ring (bicyclic) bond motifs is 1. The van der Waals surface area contributed by atoms with Gasteiger partial charge in [0.05, 0.1) is 12.2 Å². The van der Waals surface area contributed by atoms with E-state index in [-0.39, 0.29) is 0 Å². The lowest BCUT2D eigenvalue weighted by atomic mass is 10.1. The Morgan fingerprint density at radius 2 is 2.06 bits per heavy atom. The van der Waals surface area contributed by atoms with E-state index in [9.17, 15) is 18.0 Å². The van der Waals surface area contributed by atoms with Gasteiger partial charge in [-0.15, -0.1) is 0 Å². The number of rotatable bonds is 2. The Morgan fingerprint density at radius 3 is 2.56 bits per heavy atom. The summed E-state index contributed by atoms with van der Waals surface area (Å²) in [5.74, 6) is 0. The minimum Gasteiger partial charge on any atom is -0.468 e. The van der Waals surface area contributed by atoms with E-state index in [4.69, 9.17) is 0 Å². The molecule has 0 unspecified atom stereocenters. The molecule has 2 aromatic rings. The molecule has 0 aliphatic carbocycles. The van der Waals surface area contributed by atoms with Gasteiger partial charge in [-0.3, -0.25) is 4.79 Å². The predicted octanol–water partition coefficient (Wildman–Crippen LogP) is 3.37. The van der Waals surface area contributed by atoms with E-state index in [0.29, 0.717) is 24.0 Å². The first-order chi connectivity index (χ1) is 8.49. The van der Waals surface area contributed by atoms with Crippen LogP contribution < -0.4 is 0 Å². The van der Waals surface area contributed by atoms with E-state index >= 15 is 0 Å². The van der Waals surface area contributed by atoms with Crippen LogP contribution in [0.15, 0.2) is 30.5 Å². The summed E-state index contributed by atoms with van der Waals surface area (Å²) in [5, 5.41) is 0.579. The molecule has 3 nitrogen and oxygen atoms in total. The molecule has 0 saturated heterocycles. The van der Waals surface area contributed by atoms with Crippen molar-refractivity contribution in [1.29, 1.82) is 0 Å². The molecular weight excluding hydrogens is 247 g/mol. The summed E-state index contributed by atoms with van der Waals surface area (Å²) in [6, 6.07) is 5.24. The molecule has 0 radical (unpaired) electrons. The van der Waals surface area contributed by atoms with Crippen LogP contribution in [-0.4, -0.2) is 18.1 Å². The van der Waals surface area contributed by atoms with Gasteiger partial charge in [-0.1, -0.05) is 0 Å². The maximum atomic E-state index is 12.2. The Hall–Kier alpha value is -1.98. The fourth-order valence-electron chi connectivity index (χ4n) is 1.30. The second-order valence-corrected chi connectivity index (χ2v) is 3.33. The van der Waals surface area contributed by atoms with Crippen LogP contribution in [0, 0.1) is 0 Å². The first kappa shape index (κ1) is 14.1. The zero-order valence-electron chi connectivity index (χ0n) is 9.62. The van der Waals surface area contributed by atoms with Crippen LogP contribution in [0.5, 0.6) is 0 Å². The summed E-state index contributed by atoms with van der Waals surface area (Å²) >= 11 is 0. The molecule has 0 aliphatic rings. The summed E-state index contributed by atoms with van der Waals surface area (Å²) in [6.45, 7) is 2.66. The van der Waals surface area contributed by atoms with Crippen molar-refractivity contribution in [2.45, 2.75) is 13.1 Å². The van der Waals surface area contributed by atoms with Crippen molar-refractivity contribution in [1.82, 2.24) is 4.98 Å². The highest BCUT2D eigenvalue weighted by Gasteiger charge is 2.30. The van der Waals surface area contributed by atoms with E-state index in [1.165, 1.54) is 6.07 Å². The summed E-state index contributed by atoms with van der Waals surface area (Å²) in [6.07, 6.45) is -2.64. The number of hydrogen-bond donors (Lipinski definition) is 1. The minimum atomic E-state index is -4.26. The summed E-state index contributed by atoms with van der Waals surface area (Å²) in [4.78, 5) is 12.0. The van der Waals surface area contributed by atoms with Gasteiger partial charge < -0.3 is 9.72 Å². The fraction of sp³-hybridized carbons (Fsp3) is 0.250. The smallest absolute Gasteiger partial charge is 0.416 e. The molecule has 0 fully saturated rings. The number of ether oxygens (including phenoxy) is 1. The molecule has 1 aromatic heterocycles. The molecular formula is C12H12F3NO2. The molecule has 1 aromatic carbocycles. The van der Waals surface area contributed by atoms with Crippen LogP contribution in [0.25, 0.3) is 10.9 Å². The normalized spacial score (nSPS) is 10.7. The summed E-state index contributed by atoms with van der Waals surface area (Å²) in [5.41, 5.74) is 0.104. The number of H-pyrrole nitrogens is 1. The molecule has 0 atom stereocenters. The van der Waals surface area contributed by atoms with Crippen LogP contribution in [-0.2, 0) is 15.7 Å². The van der Waals surface area contributed by atoms with Crippen LogP contribution in [0.4, 0.5) is 13.2 Å². The molecule has 18 heavy (non-hydrogen) atoms. The SMILES string of the molecule is CCOC=O.FC(F)(F)c1ccc2[nH]ccc2c1. The molecule has 1 N–H and O–H groups in total. The third-order valence-corrected chi connectivity index (χ3v) is 2.12. The monoisotopic (exact) mass is 259 g/mol. The first-order valence-corrected chi connectivity index (χ1v) is 5.18. The second kappa shape index (κ2) is 6.09. The molecule has 6 heteroatoms. The Kier molecular flexibility index (Phi) is 4.76. The van der Waals surface area contributed by atoms with Crippen LogP contribution in [0.1, 0.15) is 12.5 Å². The molecule has 0 spiro atoms. The van der Waals surface area contributed by atoms with E-state index in [1.54, 1.807) is 19.2 Å². The highest BCUT2D eigenvalue weighted by atomic mass is 19.4. The Morgan fingerprint density at radius 1 is 1.33 bits per heavy atom. The summed E-state index contributed by atoms with van der Waals surface area (Å²) in [7, 11) is 0. The van der Waals surface area contributed by atoms with Crippen LogP contribution in [0.3, 0.4) is 0 Å². The van der Waals surface area contributed by atoms with Gasteiger partial charge in [0.1, 0.15) is 0 Å². The van der Waals surface area contributed by atoms with Crippen LogP contribution in [0.2, 0.25) is 0 Å². The number of aromatic amines is 1. The molecule has 0 saturated carbocycles. The number of hydrogen-bond acceptors (Lipinski definition) is 2. The quantitative estimate of drug-likeness (QED) is 0.840. The standard InChI is InChI=1S/C9H6F3N.C3H6O2/c10-9(11,12)7-1-2-8-6(5-7)3-4-13-8;1-2-5-3-4/h1-5,13H;3H,2H2,1H3. The molecule has 0 aliphatic heterocycles. The van der Waals surface area contributed by atoms with Gasteiger partial charge in [-0.05, 0) is 36.6 Å². The Bertz CT molecular complexity index is 505. The zero-order valence-corrected chi connectivity index (χ0v) is 9.62. The zero-order chi connectivity index (χ0) is 13.6. The van der Waals surface area contributed by atoms with Gasteiger partial charge in [0.2, 0.25) is 0 Å². The van der Waals surface area contributed by atoms with Gasteiger partial charge >= 0.3 is 6.18 Å². The molecule has 2 rings (SSSR count). The van der Waals surface area contributed by atoms with Crippen molar-refractivity contribution < 1.29 is 22.7 Å². The van der Waals surface area contributed by atoms with Crippen molar-refractivity contribution >= 4 is 17.4 Å². The average molecular weight is 259 g/mol. The lowest BCUT2D eigenvalue weighted by Gasteiger charge is -2.05. The van der Waals surface area contributed by atoms with Gasteiger partial charge in [0, 0.05) is 11.7 Å². The number of benzene rings is 1. The van der Waals surface area contributed by atoms with E-state index in [0.717, 1.165) is 12.1 Å². The van der Waals surface area contributed by atoms with Gasteiger partial charge in [-0.25, -0.2) is 0 Å². The third kappa shape index (κ3) is 3.80. The number of carbonyl (C=O) groups excluding carboxylic acids is 1. The molecule has 1 heterocycles. The average Bonchev–Trinajstić information content (AvgIpc) is 2.76. The number of halogens is 3. The number of alkyl halides is 3. The number of carbonyl (C=O) groups is 1. The largest absolute Gasteiger partial charge is 0.468 e. The van der Waals surface area contributed by atoms with Gasteiger partial charge in [0.15, 0.2) is 0 Å². The van der Waals surface area contributed by atoms with Gasteiger partial charge in [0.25, 0.3) is 6.47 Å². The first-order valence-electron chi connectivity index (χ1n) is 5.18. The number of aromatic nitrogens is 1. The highest BCUT2D eigenvalue weighted by molar-refractivity contribution is 5.80. The lowest BCUT2D eigenvalue weighted by Crippen LogP contribution is -2.03. The highest BCUT2D eigenvalue weighted by Crippen LogP contribution is 2.30. The van der Waals surface area contributed by atoms with Gasteiger partial charge in [-0.2, -0.15) is 13.2 Å². The Balaban J connectivity index is 0.000000280. The predicted molar refractivity (Wildman–Crippen MR) is 61.0 cm³/mol. The van der Waals surface area contributed by atoms with Crippen molar-refractivity contribution in [3.8, 4) is 0 Å². The van der Waals surface area contributed by atoms with E-state index in [1.807, 2.05) is 0 Å². The third-order valence-electron chi connectivity index (χ3n) is 2.12. The number of nitrogens with one attached hydrogen (secondary N) is 1. The minimum absolute atomic E-state index is 0.431. The van der Waals surface area contributed by atoms with Crippen molar-refractivity contribution in [3.63, 3.8) is 0 Å². The summed E-state index contributed by atoms with van der Waals surface area (Å²) < 4.78 is 40.8. The van der Waals surface area contributed by atoms with E-state index < -0.39 is 11.7 Å². The Labute approximate surface area is 102 Å². The molecule has 0 amide bonds. The van der Waals surface area contributed by atoms with Crippen molar-refractivity contribution in [2.75, 3.05) is 6.61 Å². The lowest BCUT2D eigenvalue weighted by molar-refractivity contribution is -0.137. The van der Waals surface area contributed by atoms with Crippen molar-refractivity contribution in [2.24, 2.45) is 0 Å². The molecule has 98 valence electrons. The second-order valence-electron chi connectivity index (χ2n) is 3.33. The maximum absolute atomic E-state index is 12.2.